The van der Waals surface area contributed by atoms with E-state index in [0.29, 0.717) is 0 Å². The summed E-state index contributed by atoms with van der Waals surface area (Å²) in [7, 11) is 1.75. The number of hydrogen-bond acceptors (Lipinski definition) is 5. The van der Waals surface area contributed by atoms with Gasteiger partial charge in [-0.25, -0.2) is 0 Å². The van der Waals surface area contributed by atoms with E-state index in [1.807, 2.05) is 38.1 Å². The molecular formula is C19H30N4O3. The first kappa shape index (κ1) is 20.4. The van der Waals surface area contributed by atoms with Crippen molar-refractivity contribution in [3.8, 4) is 0 Å². The molecule has 1 aliphatic heterocycles. The normalized spacial score (nSPS) is 15.3. The van der Waals surface area contributed by atoms with Gasteiger partial charge in [-0.3, -0.25) is 19.4 Å². The van der Waals surface area contributed by atoms with Crippen LogP contribution in [0.1, 0.15) is 19.4 Å². The number of anilines is 1. The van der Waals surface area contributed by atoms with Crippen LogP contribution in [-0.2, 0) is 20.9 Å². The average molecular weight is 362 g/mol. The van der Waals surface area contributed by atoms with Gasteiger partial charge in [0.25, 0.3) is 0 Å². The van der Waals surface area contributed by atoms with Crippen LogP contribution in [0.15, 0.2) is 24.3 Å². The van der Waals surface area contributed by atoms with Gasteiger partial charge in [0.1, 0.15) is 0 Å². The lowest BCUT2D eigenvalue weighted by Crippen LogP contribution is -2.41. The number of likely N-dealkylation sites (N-methyl/N-ethyl adjacent to an activating group) is 1. The summed E-state index contributed by atoms with van der Waals surface area (Å²) in [5.74, 6) is -0.214. The Balaban J connectivity index is 1.75. The zero-order valence-electron chi connectivity index (χ0n) is 16.0. The van der Waals surface area contributed by atoms with E-state index in [1.54, 1.807) is 11.9 Å². The van der Waals surface area contributed by atoms with Crippen LogP contribution in [0, 0.1) is 0 Å². The summed E-state index contributed by atoms with van der Waals surface area (Å²) < 4.78 is 5.36. The standard InChI is InChI=1S/C19H30N4O3/c1-15(2)20-18(24)13-22(3)14-19(25)21-17-6-4-16(5-7-17)12-23-8-10-26-11-9-23/h4-7,15H,8-14H2,1-3H3,(H,20,24)(H,21,25). The third-order valence-electron chi connectivity index (χ3n) is 4.02. The lowest BCUT2D eigenvalue weighted by atomic mass is 10.2. The zero-order valence-corrected chi connectivity index (χ0v) is 16.0. The predicted molar refractivity (Wildman–Crippen MR) is 102 cm³/mol. The molecule has 0 atom stereocenters. The Morgan fingerprint density at radius 2 is 1.73 bits per heavy atom. The second kappa shape index (κ2) is 10.3. The fourth-order valence-corrected chi connectivity index (χ4v) is 2.83. The van der Waals surface area contributed by atoms with Crippen molar-refractivity contribution in [2.45, 2.75) is 26.4 Å². The molecule has 1 fully saturated rings. The van der Waals surface area contributed by atoms with Crippen LogP contribution >= 0.6 is 0 Å². The van der Waals surface area contributed by atoms with E-state index in [4.69, 9.17) is 4.74 Å². The minimum atomic E-state index is -0.134. The van der Waals surface area contributed by atoms with E-state index in [0.717, 1.165) is 38.5 Å². The molecule has 0 aliphatic carbocycles. The Hall–Kier alpha value is -1.96. The number of ether oxygens (including phenoxy) is 1. The molecule has 0 radical (unpaired) electrons. The molecule has 0 saturated carbocycles. The van der Waals surface area contributed by atoms with Gasteiger partial charge in [0, 0.05) is 31.4 Å². The van der Waals surface area contributed by atoms with Crippen molar-refractivity contribution in [2.75, 3.05) is 51.8 Å². The lowest BCUT2D eigenvalue weighted by molar-refractivity contribution is -0.123. The minimum Gasteiger partial charge on any atom is -0.379 e. The molecule has 144 valence electrons. The SMILES string of the molecule is CC(C)NC(=O)CN(C)CC(=O)Nc1ccc(CN2CCOCC2)cc1. The Bertz CT molecular complexity index is 583. The van der Waals surface area contributed by atoms with Gasteiger partial charge in [-0.05, 0) is 38.6 Å². The van der Waals surface area contributed by atoms with Crippen LogP contribution in [0.4, 0.5) is 5.69 Å². The molecule has 2 rings (SSSR count). The number of amides is 2. The monoisotopic (exact) mass is 362 g/mol. The number of rotatable bonds is 8. The summed E-state index contributed by atoms with van der Waals surface area (Å²) in [5.41, 5.74) is 1.98. The second-order valence-electron chi connectivity index (χ2n) is 7.03. The Morgan fingerprint density at radius 3 is 2.35 bits per heavy atom. The maximum absolute atomic E-state index is 12.1. The average Bonchev–Trinajstić information content (AvgIpc) is 2.56. The van der Waals surface area contributed by atoms with E-state index in [1.165, 1.54) is 5.56 Å². The first-order chi connectivity index (χ1) is 12.4. The van der Waals surface area contributed by atoms with Crippen molar-refractivity contribution in [1.29, 1.82) is 0 Å². The molecule has 1 heterocycles. The van der Waals surface area contributed by atoms with Crippen LogP contribution in [0.2, 0.25) is 0 Å². The smallest absolute Gasteiger partial charge is 0.238 e. The molecule has 0 spiro atoms. The molecule has 2 N–H and O–H groups in total. The van der Waals surface area contributed by atoms with Crippen molar-refractivity contribution in [1.82, 2.24) is 15.1 Å². The van der Waals surface area contributed by atoms with Crippen molar-refractivity contribution >= 4 is 17.5 Å². The van der Waals surface area contributed by atoms with Crippen LogP contribution in [-0.4, -0.2) is 74.1 Å². The minimum absolute atomic E-state index is 0.0808. The second-order valence-corrected chi connectivity index (χ2v) is 7.03. The molecule has 0 aromatic heterocycles. The van der Waals surface area contributed by atoms with Gasteiger partial charge in [0.15, 0.2) is 0 Å². The van der Waals surface area contributed by atoms with Gasteiger partial charge >= 0.3 is 0 Å². The Morgan fingerprint density at radius 1 is 1.12 bits per heavy atom. The van der Waals surface area contributed by atoms with Gasteiger partial charge in [0.05, 0.1) is 26.3 Å². The van der Waals surface area contributed by atoms with Crippen LogP contribution < -0.4 is 10.6 Å². The number of hydrogen-bond donors (Lipinski definition) is 2. The Kier molecular flexibility index (Phi) is 8.03. The third-order valence-corrected chi connectivity index (χ3v) is 4.02. The summed E-state index contributed by atoms with van der Waals surface area (Å²) in [6.07, 6.45) is 0. The summed E-state index contributed by atoms with van der Waals surface area (Å²) in [4.78, 5) is 27.9. The number of carbonyl (C=O) groups is 2. The summed E-state index contributed by atoms with van der Waals surface area (Å²) in [6, 6.07) is 7.99. The summed E-state index contributed by atoms with van der Waals surface area (Å²) in [6.45, 7) is 8.56. The number of benzene rings is 1. The molecule has 1 aromatic rings. The molecule has 0 bridgehead atoms. The molecule has 1 aliphatic rings. The third kappa shape index (κ3) is 7.51. The maximum Gasteiger partial charge on any atom is 0.238 e. The van der Waals surface area contributed by atoms with E-state index in [-0.39, 0.29) is 30.9 Å². The van der Waals surface area contributed by atoms with Crippen molar-refractivity contribution in [2.24, 2.45) is 0 Å². The quantitative estimate of drug-likeness (QED) is 0.719. The number of morpholine rings is 1. The molecule has 2 amide bonds. The van der Waals surface area contributed by atoms with Gasteiger partial charge in [-0.1, -0.05) is 12.1 Å². The molecular weight excluding hydrogens is 332 g/mol. The van der Waals surface area contributed by atoms with Gasteiger partial charge in [-0.2, -0.15) is 0 Å². The molecule has 1 saturated heterocycles. The lowest BCUT2D eigenvalue weighted by Gasteiger charge is -2.26. The zero-order chi connectivity index (χ0) is 18.9. The first-order valence-electron chi connectivity index (χ1n) is 9.09. The van der Waals surface area contributed by atoms with E-state index in [9.17, 15) is 9.59 Å². The predicted octanol–water partition coefficient (Wildman–Crippen LogP) is 0.914. The highest BCUT2D eigenvalue weighted by molar-refractivity contribution is 5.92. The van der Waals surface area contributed by atoms with Crippen molar-refractivity contribution in [3.63, 3.8) is 0 Å². The molecule has 26 heavy (non-hydrogen) atoms. The molecule has 0 unspecified atom stereocenters. The highest BCUT2D eigenvalue weighted by atomic mass is 16.5. The van der Waals surface area contributed by atoms with Crippen LogP contribution in [0.25, 0.3) is 0 Å². The van der Waals surface area contributed by atoms with Gasteiger partial charge < -0.3 is 15.4 Å². The number of nitrogens with zero attached hydrogens (tertiary/aromatic N) is 2. The number of nitrogens with one attached hydrogen (secondary N) is 2. The van der Waals surface area contributed by atoms with Gasteiger partial charge in [-0.15, -0.1) is 0 Å². The molecule has 7 nitrogen and oxygen atoms in total. The van der Waals surface area contributed by atoms with Crippen molar-refractivity contribution in [3.05, 3.63) is 29.8 Å². The van der Waals surface area contributed by atoms with Crippen LogP contribution in [0.3, 0.4) is 0 Å². The summed E-state index contributed by atoms with van der Waals surface area (Å²) >= 11 is 0. The molecule has 7 heteroatoms. The largest absolute Gasteiger partial charge is 0.379 e. The van der Waals surface area contributed by atoms with Gasteiger partial charge in [0.2, 0.25) is 11.8 Å². The summed E-state index contributed by atoms with van der Waals surface area (Å²) in [5, 5.41) is 5.68. The number of carbonyl (C=O) groups excluding carboxylic acids is 2. The topological polar surface area (TPSA) is 73.9 Å². The fourth-order valence-electron chi connectivity index (χ4n) is 2.83. The molecule has 1 aromatic carbocycles. The van der Waals surface area contributed by atoms with E-state index >= 15 is 0 Å². The highest BCUT2D eigenvalue weighted by Gasteiger charge is 2.13. The fraction of sp³-hybridized carbons (Fsp3) is 0.579. The first-order valence-corrected chi connectivity index (χ1v) is 9.09. The van der Waals surface area contributed by atoms with Crippen LogP contribution in [0.5, 0.6) is 0 Å². The van der Waals surface area contributed by atoms with Crippen molar-refractivity contribution < 1.29 is 14.3 Å². The van der Waals surface area contributed by atoms with E-state index < -0.39 is 0 Å². The Labute approximate surface area is 155 Å². The maximum atomic E-state index is 12.1. The van der Waals surface area contributed by atoms with E-state index in [2.05, 4.69) is 15.5 Å². The highest BCUT2D eigenvalue weighted by Crippen LogP contribution is 2.12.